The summed E-state index contributed by atoms with van der Waals surface area (Å²) in [6.07, 6.45) is 13.8. The average molecular weight is 670 g/mol. The predicted molar refractivity (Wildman–Crippen MR) is 180 cm³/mol. The van der Waals surface area contributed by atoms with E-state index in [2.05, 4.69) is 12.2 Å². The van der Waals surface area contributed by atoms with Crippen LogP contribution in [0, 0.1) is 0 Å². The van der Waals surface area contributed by atoms with E-state index in [1.54, 1.807) is 0 Å². The second-order valence-corrected chi connectivity index (χ2v) is 12.6. The Balaban J connectivity index is 2.68. The van der Waals surface area contributed by atoms with Crippen molar-refractivity contribution < 1.29 is 39.2 Å². The van der Waals surface area contributed by atoms with Gasteiger partial charge in [-0.15, -0.1) is 0 Å². The number of likely N-dealkylation sites (N-methyl/N-ethyl adjacent to an activating group) is 1. The van der Waals surface area contributed by atoms with Crippen LogP contribution in [0.15, 0.2) is 12.3 Å². The maximum Gasteiger partial charge on any atom is 0.251 e. The van der Waals surface area contributed by atoms with Crippen molar-refractivity contribution in [2.75, 3.05) is 20.1 Å². The van der Waals surface area contributed by atoms with Crippen LogP contribution in [-0.4, -0.2) is 106 Å². The molecular formula is C34H63N5O8. The Hall–Kier alpha value is -2.58. The number of carbonyl (C=O) groups is 4. The van der Waals surface area contributed by atoms with Gasteiger partial charge >= 0.3 is 0 Å². The van der Waals surface area contributed by atoms with E-state index in [1.807, 2.05) is 5.32 Å². The molecule has 1 rings (SSSR count). The zero-order valence-corrected chi connectivity index (χ0v) is 29.0. The van der Waals surface area contributed by atoms with Gasteiger partial charge in [0.05, 0.1) is 6.10 Å². The Morgan fingerprint density at radius 2 is 1.45 bits per heavy atom. The topological polar surface area (TPSA) is 195 Å². The second-order valence-electron chi connectivity index (χ2n) is 12.6. The number of aliphatic hydroxyl groups is 3. The lowest BCUT2D eigenvalue weighted by Gasteiger charge is -2.35. The molecule has 47 heavy (non-hydrogen) atoms. The first-order chi connectivity index (χ1) is 22.6. The summed E-state index contributed by atoms with van der Waals surface area (Å²) in [6.45, 7) is 4.19. The fourth-order valence-electron chi connectivity index (χ4n) is 5.93. The van der Waals surface area contributed by atoms with Gasteiger partial charge in [0.25, 0.3) is 5.91 Å². The molecule has 13 nitrogen and oxygen atoms in total. The lowest BCUT2D eigenvalue weighted by Crippen LogP contribution is -2.55. The minimum absolute atomic E-state index is 0.161. The number of amides is 4. The van der Waals surface area contributed by atoms with E-state index in [-0.39, 0.29) is 19.3 Å². The molecule has 1 saturated heterocycles. The van der Waals surface area contributed by atoms with Crippen molar-refractivity contribution in [3.8, 4) is 0 Å². The normalized spacial score (nSPS) is 20.6. The summed E-state index contributed by atoms with van der Waals surface area (Å²) < 4.78 is 5.90. The molecule has 0 bridgehead atoms. The van der Waals surface area contributed by atoms with Crippen molar-refractivity contribution in [2.45, 2.75) is 160 Å². The third-order valence-corrected chi connectivity index (χ3v) is 8.68. The van der Waals surface area contributed by atoms with Crippen LogP contribution in [0.3, 0.4) is 0 Å². The molecule has 1 fully saturated rings. The number of carbonyl (C=O) groups excluding carboxylic acids is 4. The quantitative estimate of drug-likeness (QED) is 0.0327. The smallest absolute Gasteiger partial charge is 0.251 e. The van der Waals surface area contributed by atoms with Crippen LogP contribution in [0.1, 0.15) is 123 Å². The third-order valence-electron chi connectivity index (χ3n) is 8.68. The molecule has 0 aromatic heterocycles. The zero-order valence-electron chi connectivity index (χ0n) is 29.0. The number of imide groups is 1. The highest BCUT2D eigenvalue weighted by atomic mass is 16.6. The Morgan fingerprint density at radius 1 is 0.894 bits per heavy atom. The van der Waals surface area contributed by atoms with Crippen molar-refractivity contribution in [1.29, 1.82) is 0 Å². The number of hydrogen-bond acceptors (Lipinski definition) is 10. The van der Waals surface area contributed by atoms with Gasteiger partial charge in [0, 0.05) is 39.2 Å². The number of unbranched alkanes of at least 4 members (excludes halogenated alkanes) is 13. The van der Waals surface area contributed by atoms with Crippen LogP contribution in [0.5, 0.6) is 0 Å². The van der Waals surface area contributed by atoms with Gasteiger partial charge in [-0.25, -0.2) is 0 Å². The predicted octanol–water partition coefficient (Wildman–Crippen LogP) is 2.41. The molecule has 1 aliphatic rings. The van der Waals surface area contributed by atoms with E-state index >= 15 is 0 Å². The number of rotatable bonds is 27. The number of nitrogens with zero attached hydrogens (tertiary/aromatic N) is 2. The summed E-state index contributed by atoms with van der Waals surface area (Å²) in [5.74, 6) is -1.71. The van der Waals surface area contributed by atoms with E-state index in [0.717, 1.165) is 36.7 Å². The average Bonchev–Trinajstić information content (AvgIpc) is 3.32. The number of nitrogens with two attached hydrogens (primary N) is 1. The van der Waals surface area contributed by atoms with E-state index in [4.69, 9.17) is 10.5 Å². The van der Waals surface area contributed by atoms with Gasteiger partial charge in [-0.1, -0.05) is 90.4 Å². The first-order valence-corrected chi connectivity index (χ1v) is 17.7. The maximum absolute atomic E-state index is 13.5. The van der Waals surface area contributed by atoms with Crippen LogP contribution in [0.25, 0.3) is 0 Å². The van der Waals surface area contributed by atoms with Crippen molar-refractivity contribution in [3.05, 3.63) is 12.3 Å². The largest absolute Gasteiger partial charge is 0.388 e. The molecule has 6 atom stereocenters. The molecule has 0 radical (unpaired) electrons. The standard InChI is InChI=1S/C34H63N5O8/c1-4-5-6-7-8-9-10-11-12-13-14-15-16-17-22-36-33(46)27(39(26(2)41)30(43)19-18-21-35)24-28-31(44)32(45)34(47-28)38(3)23-20-29(42)37-25-40/h20,23,25,27-28,30-32,34,43-45H,4-19,21-22,24,35H2,1-3H3,(H,36,46)(H,37,40,42)/b23-20-/t27?,28?,30-,31?,32?,34?/m1/s1. The molecule has 13 heteroatoms. The molecule has 0 spiro atoms. The molecule has 272 valence electrons. The van der Waals surface area contributed by atoms with Crippen molar-refractivity contribution in [1.82, 2.24) is 20.4 Å². The Bertz CT molecular complexity index is 923. The monoisotopic (exact) mass is 669 g/mol. The Labute approximate surface area is 281 Å². The summed E-state index contributed by atoms with van der Waals surface area (Å²) in [7, 11) is 1.51. The summed E-state index contributed by atoms with van der Waals surface area (Å²) in [5, 5.41) is 37.2. The first-order valence-electron chi connectivity index (χ1n) is 17.7. The van der Waals surface area contributed by atoms with Crippen LogP contribution >= 0.6 is 0 Å². The van der Waals surface area contributed by atoms with Crippen LogP contribution < -0.4 is 16.4 Å². The minimum atomic E-state index is -1.42. The van der Waals surface area contributed by atoms with E-state index in [1.165, 1.54) is 89.3 Å². The Kier molecular flexibility index (Phi) is 23.0. The molecule has 7 N–H and O–H groups in total. The van der Waals surface area contributed by atoms with Gasteiger partial charge in [-0.3, -0.25) is 24.5 Å². The fraction of sp³-hybridized carbons (Fsp3) is 0.824. The Morgan fingerprint density at radius 3 is 1.96 bits per heavy atom. The molecule has 0 aromatic carbocycles. The maximum atomic E-state index is 13.5. The van der Waals surface area contributed by atoms with Crippen molar-refractivity contribution in [2.24, 2.45) is 5.73 Å². The molecule has 4 amide bonds. The fourth-order valence-corrected chi connectivity index (χ4v) is 5.93. The summed E-state index contributed by atoms with van der Waals surface area (Å²) >= 11 is 0. The molecule has 0 saturated carbocycles. The lowest BCUT2D eigenvalue weighted by atomic mass is 10.00. The van der Waals surface area contributed by atoms with Crippen LogP contribution in [0.4, 0.5) is 0 Å². The third kappa shape index (κ3) is 16.9. The number of aliphatic hydroxyl groups excluding tert-OH is 3. The van der Waals surface area contributed by atoms with Crippen molar-refractivity contribution >= 4 is 24.1 Å². The SMILES string of the molecule is CCCCCCCCCCCCCCCCNC(=O)C(CC1OC(N(C)/C=C\C(=O)NC=O)C(O)C1O)N(C(C)=O)[C@H](O)CCCN. The lowest BCUT2D eigenvalue weighted by molar-refractivity contribution is -0.154. The molecule has 0 aromatic rings. The zero-order chi connectivity index (χ0) is 35.0. The van der Waals surface area contributed by atoms with Gasteiger partial charge < -0.3 is 40.9 Å². The number of nitrogens with one attached hydrogen (secondary N) is 2. The highest BCUT2D eigenvalue weighted by Crippen LogP contribution is 2.28. The van der Waals surface area contributed by atoms with E-state index < -0.39 is 54.5 Å². The van der Waals surface area contributed by atoms with Crippen LogP contribution in [-0.2, 0) is 23.9 Å². The highest BCUT2D eigenvalue weighted by molar-refractivity contribution is 5.94. The summed E-state index contributed by atoms with van der Waals surface area (Å²) in [5.41, 5.74) is 5.60. The molecule has 5 unspecified atom stereocenters. The molecule has 1 heterocycles. The van der Waals surface area contributed by atoms with Gasteiger partial charge in [0.1, 0.15) is 24.5 Å². The van der Waals surface area contributed by atoms with Crippen LogP contribution in [0.2, 0.25) is 0 Å². The van der Waals surface area contributed by atoms with Gasteiger partial charge in [-0.05, 0) is 25.8 Å². The summed E-state index contributed by atoms with van der Waals surface area (Å²) in [4.78, 5) is 50.7. The first kappa shape index (κ1) is 42.4. The molecular weight excluding hydrogens is 606 g/mol. The second kappa shape index (κ2) is 25.4. The van der Waals surface area contributed by atoms with Gasteiger partial charge in [-0.2, -0.15) is 0 Å². The highest BCUT2D eigenvalue weighted by Gasteiger charge is 2.47. The van der Waals surface area contributed by atoms with Crippen molar-refractivity contribution in [3.63, 3.8) is 0 Å². The minimum Gasteiger partial charge on any atom is -0.388 e. The number of ether oxygens (including phenoxy) is 1. The van der Waals surface area contributed by atoms with E-state index in [0.29, 0.717) is 19.5 Å². The van der Waals surface area contributed by atoms with E-state index in [9.17, 15) is 34.5 Å². The molecule has 0 aliphatic carbocycles. The molecule has 1 aliphatic heterocycles. The number of hydrogen-bond donors (Lipinski definition) is 6. The summed E-state index contributed by atoms with van der Waals surface area (Å²) in [6, 6.07) is -1.18. The van der Waals surface area contributed by atoms with Gasteiger partial charge in [0.15, 0.2) is 6.23 Å². The van der Waals surface area contributed by atoms with Gasteiger partial charge in [0.2, 0.25) is 18.2 Å².